The van der Waals surface area contributed by atoms with Crippen LogP contribution in [0.15, 0.2) is 0 Å². The van der Waals surface area contributed by atoms with Crippen molar-refractivity contribution >= 4 is 29.2 Å². The number of esters is 1. The van der Waals surface area contributed by atoms with Crippen molar-refractivity contribution in [2.75, 3.05) is 6.61 Å². The first-order chi connectivity index (χ1) is 6.34. The van der Waals surface area contributed by atoms with Gasteiger partial charge in [0.25, 0.3) is 0 Å². The Hall–Kier alpha value is 0.01000. The van der Waals surface area contributed by atoms with Crippen LogP contribution in [-0.2, 0) is 9.53 Å². The van der Waals surface area contributed by atoms with Crippen LogP contribution in [-0.4, -0.2) is 28.1 Å². The molecule has 0 radical (unpaired) electrons. The van der Waals surface area contributed by atoms with Crippen LogP contribution in [0, 0.1) is 5.41 Å². The van der Waals surface area contributed by atoms with Gasteiger partial charge >= 0.3 is 5.97 Å². The maximum absolute atomic E-state index is 11.2. The number of rotatable bonds is 2. The van der Waals surface area contributed by atoms with Gasteiger partial charge in [0.1, 0.15) is 6.10 Å². The van der Waals surface area contributed by atoms with Gasteiger partial charge in [0.05, 0.1) is 6.61 Å². The highest BCUT2D eigenvalue weighted by Crippen LogP contribution is 2.44. The van der Waals surface area contributed by atoms with Crippen molar-refractivity contribution in [1.82, 2.24) is 0 Å². The standard InChI is InChI=1S/C9H14Cl2O3/c1-3-4-8(2)5-14-7(13)9(10,11)6(8)12/h6,12H,3-5H2,1-2H3/t6-,8-/m0/s1. The number of cyclic esters (lactones) is 1. The molecule has 0 unspecified atom stereocenters. The predicted octanol–water partition coefficient (Wildman–Crippen LogP) is 1.88. The third-order valence-electron chi connectivity index (χ3n) is 2.63. The quantitative estimate of drug-likeness (QED) is 0.593. The summed E-state index contributed by atoms with van der Waals surface area (Å²) in [6, 6.07) is 0. The molecule has 1 rings (SSSR count). The van der Waals surface area contributed by atoms with Crippen LogP contribution in [0.3, 0.4) is 0 Å². The molecule has 3 nitrogen and oxygen atoms in total. The second-order valence-corrected chi connectivity index (χ2v) is 5.39. The van der Waals surface area contributed by atoms with Crippen LogP contribution in [0.5, 0.6) is 0 Å². The molecule has 82 valence electrons. The number of halogens is 2. The van der Waals surface area contributed by atoms with E-state index < -0.39 is 21.8 Å². The first-order valence-electron chi connectivity index (χ1n) is 4.57. The fourth-order valence-corrected chi connectivity index (χ4v) is 2.37. The summed E-state index contributed by atoms with van der Waals surface area (Å²) in [7, 11) is 0. The van der Waals surface area contributed by atoms with Gasteiger partial charge in [-0.15, -0.1) is 0 Å². The molecule has 14 heavy (non-hydrogen) atoms. The van der Waals surface area contributed by atoms with E-state index in [2.05, 4.69) is 0 Å². The summed E-state index contributed by atoms with van der Waals surface area (Å²) in [6.45, 7) is 3.97. The third-order valence-corrected chi connectivity index (χ3v) is 3.35. The molecule has 1 saturated heterocycles. The van der Waals surface area contributed by atoms with Crippen LogP contribution in [0.25, 0.3) is 0 Å². The zero-order chi connectivity index (χ0) is 11.0. The molecule has 0 aliphatic carbocycles. The van der Waals surface area contributed by atoms with E-state index in [-0.39, 0.29) is 6.61 Å². The Morgan fingerprint density at radius 1 is 1.64 bits per heavy atom. The van der Waals surface area contributed by atoms with E-state index in [0.29, 0.717) is 6.42 Å². The lowest BCUT2D eigenvalue weighted by Gasteiger charge is -2.43. The smallest absolute Gasteiger partial charge is 0.345 e. The van der Waals surface area contributed by atoms with Crippen molar-refractivity contribution < 1.29 is 14.6 Å². The number of aliphatic hydroxyl groups is 1. The van der Waals surface area contributed by atoms with E-state index in [9.17, 15) is 9.90 Å². The van der Waals surface area contributed by atoms with Crippen molar-refractivity contribution in [3.8, 4) is 0 Å². The molecular weight excluding hydrogens is 227 g/mol. The summed E-state index contributed by atoms with van der Waals surface area (Å²) in [6.07, 6.45) is 0.497. The lowest BCUT2D eigenvalue weighted by Crippen LogP contribution is -2.56. The minimum absolute atomic E-state index is 0.169. The lowest BCUT2D eigenvalue weighted by atomic mass is 9.77. The third kappa shape index (κ3) is 1.86. The Balaban J connectivity index is 2.89. The topological polar surface area (TPSA) is 46.5 Å². The zero-order valence-electron chi connectivity index (χ0n) is 8.22. The molecule has 0 aromatic rings. The van der Waals surface area contributed by atoms with Crippen LogP contribution in [0.4, 0.5) is 0 Å². The second-order valence-electron chi connectivity index (χ2n) is 4.01. The molecule has 0 aromatic carbocycles. The molecule has 0 amide bonds. The van der Waals surface area contributed by atoms with Gasteiger partial charge in [-0.3, -0.25) is 0 Å². The fraction of sp³-hybridized carbons (Fsp3) is 0.889. The maximum Gasteiger partial charge on any atom is 0.345 e. The summed E-state index contributed by atoms with van der Waals surface area (Å²) in [5.74, 6) is -0.762. The van der Waals surface area contributed by atoms with E-state index in [1.165, 1.54) is 0 Å². The number of aliphatic hydroxyl groups excluding tert-OH is 1. The highest BCUT2D eigenvalue weighted by Gasteiger charge is 2.56. The Labute approximate surface area is 93.3 Å². The van der Waals surface area contributed by atoms with Crippen LogP contribution in [0.1, 0.15) is 26.7 Å². The van der Waals surface area contributed by atoms with E-state index in [4.69, 9.17) is 27.9 Å². The summed E-state index contributed by atoms with van der Waals surface area (Å²) in [5.41, 5.74) is -0.549. The normalized spacial score (nSPS) is 36.6. The summed E-state index contributed by atoms with van der Waals surface area (Å²) >= 11 is 11.5. The first kappa shape index (κ1) is 12.1. The monoisotopic (exact) mass is 240 g/mol. The molecule has 1 aliphatic heterocycles. The van der Waals surface area contributed by atoms with E-state index >= 15 is 0 Å². The maximum atomic E-state index is 11.2. The zero-order valence-corrected chi connectivity index (χ0v) is 9.73. The largest absolute Gasteiger partial charge is 0.463 e. The van der Waals surface area contributed by atoms with Gasteiger partial charge in [-0.25, -0.2) is 4.79 Å². The molecule has 0 bridgehead atoms. The molecule has 1 heterocycles. The van der Waals surface area contributed by atoms with Gasteiger partial charge in [-0.2, -0.15) is 0 Å². The Morgan fingerprint density at radius 3 is 2.71 bits per heavy atom. The minimum atomic E-state index is -1.83. The molecular formula is C9H14Cl2O3. The first-order valence-corrected chi connectivity index (χ1v) is 5.33. The van der Waals surface area contributed by atoms with Gasteiger partial charge in [0.2, 0.25) is 4.33 Å². The average molecular weight is 241 g/mol. The summed E-state index contributed by atoms with van der Waals surface area (Å²) in [5, 5.41) is 9.89. The summed E-state index contributed by atoms with van der Waals surface area (Å²) in [4.78, 5) is 11.2. The average Bonchev–Trinajstić information content (AvgIpc) is 2.11. The van der Waals surface area contributed by atoms with Crippen LogP contribution >= 0.6 is 23.2 Å². The van der Waals surface area contributed by atoms with E-state index in [1.54, 1.807) is 0 Å². The molecule has 2 atom stereocenters. The van der Waals surface area contributed by atoms with Crippen molar-refractivity contribution in [1.29, 1.82) is 0 Å². The van der Waals surface area contributed by atoms with E-state index in [0.717, 1.165) is 6.42 Å². The Morgan fingerprint density at radius 2 is 2.21 bits per heavy atom. The number of carbonyl (C=O) groups is 1. The van der Waals surface area contributed by atoms with Gasteiger partial charge in [-0.05, 0) is 6.42 Å². The number of alkyl halides is 2. The van der Waals surface area contributed by atoms with Crippen LogP contribution < -0.4 is 0 Å². The molecule has 5 heteroatoms. The molecule has 1 aliphatic rings. The summed E-state index contributed by atoms with van der Waals surface area (Å²) < 4.78 is 3.04. The minimum Gasteiger partial charge on any atom is -0.463 e. The van der Waals surface area contributed by atoms with Crippen molar-refractivity contribution in [3.63, 3.8) is 0 Å². The van der Waals surface area contributed by atoms with E-state index in [1.807, 2.05) is 13.8 Å². The molecule has 1 N–H and O–H groups in total. The SMILES string of the molecule is CCC[C@@]1(C)COC(=O)C(Cl)(Cl)[C@H]1O. The number of ether oxygens (including phenoxy) is 1. The van der Waals surface area contributed by atoms with Gasteiger partial charge in [-0.1, -0.05) is 43.5 Å². The number of hydrogen-bond acceptors (Lipinski definition) is 3. The number of hydrogen-bond donors (Lipinski definition) is 1. The molecule has 0 aromatic heterocycles. The predicted molar refractivity (Wildman–Crippen MR) is 54.4 cm³/mol. The van der Waals surface area contributed by atoms with Gasteiger partial charge < -0.3 is 9.84 Å². The highest BCUT2D eigenvalue weighted by molar-refractivity contribution is 6.58. The molecule has 1 fully saturated rings. The van der Waals surface area contributed by atoms with Crippen molar-refractivity contribution in [3.05, 3.63) is 0 Å². The van der Waals surface area contributed by atoms with Crippen LogP contribution in [0.2, 0.25) is 0 Å². The number of carbonyl (C=O) groups excluding carboxylic acids is 1. The fourth-order valence-electron chi connectivity index (χ4n) is 1.73. The Kier molecular flexibility index (Phi) is 3.34. The Bertz CT molecular complexity index is 242. The van der Waals surface area contributed by atoms with Crippen molar-refractivity contribution in [2.24, 2.45) is 5.41 Å². The second kappa shape index (κ2) is 3.87. The highest BCUT2D eigenvalue weighted by atomic mass is 35.5. The lowest BCUT2D eigenvalue weighted by molar-refractivity contribution is -0.168. The van der Waals surface area contributed by atoms with Crippen molar-refractivity contribution in [2.45, 2.75) is 37.1 Å². The molecule has 0 saturated carbocycles. The van der Waals surface area contributed by atoms with Gasteiger partial charge in [0.15, 0.2) is 0 Å². The van der Waals surface area contributed by atoms with Gasteiger partial charge in [0, 0.05) is 5.41 Å². The molecule has 0 spiro atoms.